The molecule has 24 heavy (non-hydrogen) atoms. The maximum absolute atomic E-state index is 3.85. The van der Waals surface area contributed by atoms with Gasteiger partial charge >= 0.3 is 0 Å². The molecule has 0 heterocycles. The molecule has 2 nitrogen and oxygen atoms in total. The lowest BCUT2D eigenvalue weighted by Gasteiger charge is -2.43. The summed E-state index contributed by atoms with van der Waals surface area (Å²) in [5.74, 6) is 0. The van der Waals surface area contributed by atoms with Gasteiger partial charge in [0.2, 0.25) is 0 Å². The molecule has 3 rings (SSSR count). The van der Waals surface area contributed by atoms with Crippen molar-refractivity contribution in [2.24, 2.45) is 5.41 Å². The molecule has 0 aliphatic heterocycles. The highest BCUT2D eigenvalue weighted by Gasteiger charge is 2.50. The molecular weight excluding hydrogens is 292 g/mol. The molecule has 0 unspecified atom stereocenters. The second-order valence-electron chi connectivity index (χ2n) is 7.85. The Morgan fingerprint density at radius 1 is 0.833 bits per heavy atom. The van der Waals surface area contributed by atoms with Crippen LogP contribution in [0.1, 0.15) is 44.7 Å². The largest absolute Gasteiger partial charge is 0.309 e. The zero-order valence-corrected chi connectivity index (χ0v) is 15.2. The molecule has 0 saturated heterocycles. The van der Waals surface area contributed by atoms with Crippen molar-refractivity contribution in [3.8, 4) is 0 Å². The van der Waals surface area contributed by atoms with Crippen molar-refractivity contribution in [2.45, 2.75) is 58.3 Å². The van der Waals surface area contributed by atoms with Gasteiger partial charge in [-0.2, -0.15) is 0 Å². The summed E-state index contributed by atoms with van der Waals surface area (Å²) in [7, 11) is 0. The van der Waals surface area contributed by atoms with Crippen LogP contribution < -0.4 is 10.6 Å². The molecule has 2 heteroatoms. The van der Waals surface area contributed by atoms with Crippen molar-refractivity contribution >= 4 is 0 Å². The molecule has 0 radical (unpaired) electrons. The summed E-state index contributed by atoms with van der Waals surface area (Å²) < 4.78 is 0. The van der Waals surface area contributed by atoms with Crippen molar-refractivity contribution in [2.75, 3.05) is 0 Å². The van der Waals surface area contributed by atoms with Gasteiger partial charge in [-0.1, -0.05) is 74.5 Å². The zero-order chi connectivity index (χ0) is 17.0. The van der Waals surface area contributed by atoms with E-state index in [4.69, 9.17) is 0 Å². The normalized spacial score (nSPS) is 25.7. The van der Waals surface area contributed by atoms with Crippen molar-refractivity contribution < 1.29 is 0 Å². The smallest absolute Gasteiger partial charge is 0.0222 e. The van der Waals surface area contributed by atoms with Crippen LogP contribution in [0.15, 0.2) is 60.7 Å². The first-order valence-corrected chi connectivity index (χ1v) is 9.07. The number of hydrogen-bond donors (Lipinski definition) is 2. The molecule has 2 aromatic rings. The summed E-state index contributed by atoms with van der Waals surface area (Å²) in [4.78, 5) is 0. The first-order valence-electron chi connectivity index (χ1n) is 9.07. The van der Waals surface area contributed by atoms with Crippen molar-refractivity contribution in [3.63, 3.8) is 0 Å². The highest BCUT2D eigenvalue weighted by molar-refractivity contribution is 5.18. The van der Waals surface area contributed by atoms with Crippen molar-refractivity contribution in [1.29, 1.82) is 0 Å². The van der Waals surface area contributed by atoms with Gasteiger partial charge in [0.05, 0.1) is 0 Å². The Morgan fingerprint density at radius 2 is 1.38 bits per heavy atom. The van der Waals surface area contributed by atoms with Gasteiger partial charge in [-0.15, -0.1) is 0 Å². The van der Waals surface area contributed by atoms with Gasteiger partial charge in [-0.3, -0.25) is 0 Å². The maximum atomic E-state index is 3.85. The van der Waals surface area contributed by atoms with Crippen LogP contribution in [-0.2, 0) is 13.1 Å². The van der Waals surface area contributed by atoms with E-state index in [9.17, 15) is 0 Å². The minimum atomic E-state index is 0.150. The van der Waals surface area contributed by atoms with E-state index >= 15 is 0 Å². The van der Waals surface area contributed by atoms with Gasteiger partial charge in [-0.25, -0.2) is 0 Å². The average Bonchev–Trinajstić information content (AvgIpc) is 2.83. The first-order chi connectivity index (χ1) is 11.5. The Balaban J connectivity index is 1.61. The summed E-state index contributed by atoms with van der Waals surface area (Å²) in [5.41, 5.74) is 3.07. The predicted octanol–water partition coefficient (Wildman–Crippen LogP) is 4.51. The molecule has 0 spiro atoms. The third-order valence-corrected chi connectivity index (χ3v) is 6.15. The lowest BCUT2D eigenvalue weighted by molar-refractivity contribution is 0.142. The SMILES string of the molecule is CC1(C)[C@@H](NCc2ccccc2)CC[C@]1(C)NCc1ccccc1. The predicted molar refractivity (Wildman–Crippen MR) is 102 cm³/mol. The van der Waals surface area contributed by atoms with Crippen LogP contribution in [0.2, 0.25) is 0 Å². The third-order valence-electron chi connectivity index (χ3n) is 6.15. The summed E-state index contributed by atoms with van der Waals surface area (Å²) in [6.45, 7) is 9.08. The maximum Gasteiger partial charge on any atom is 0.0222 e. The van der Waals surface area contributed by atoms with E-state index < -0.39 is 0 Å². The first kappa shape index (κ1) is 17.2. The van der Waals surface area contributed by atoms with E-state index in [-0.39, 0.29) is 11.0 Å². The zero-order valence-electron chi connectivity index (χ0n) is 15.2. The number of rotatable bonds is 6. The fourth-order valence-electron chi connectivity index (χ4n) is 3.90. The van der Waals surface area contributed by atoms with Gasteiger partial charge < -0.3 is 10.6 Å². The van der Waals surface area contributed by atoms with E-state index in [0.717, 1.165) is 13.1 Å². The van der Waals surface area contributed by atoms with Crippen LogP contribution >= 0.6 is 0 Å². The minimum absolute atomic E-state index is 0.150. The van der Waals surface area contributed by atoms with Crippen LogP contribution in [0, 0.1) is 5.41 Å². The molecule has 1 aliphatic rings. The second-order valence-corrected chi connectivity index (χ2v) is 7.85. The molecular formula is C22H30N2. The summed E-state index contributed by atoms with van der Waals surface area (Å²) in [6.07, 6.45) is 2.43. The number of benzene rings is 2. The van der Waals surface area contributed by atoms with Gasteiger partial charge in [-0.05, 0) is 36.3 Å². The standard InChI is InChI=1S/C22H30N2/c1-21(2)20(23-16-18-10-6-4-7-11-18)14-15-22(21,3)24-17-19-12-8-5-9-13-19/h4-13,20,23-24H,14-17H2,1-3H3/t20-,22-/m0/s1. The Kier molecular flexibility index (Phi) is 5.07. The average molecular weight is 322 g/mol. The van der Waals surface area contributed by atoms with E-state index in [1.165, 1.54) is 24.0 Å². The molecule has 0 bridgehead atoms. The number of nitrogens with one attached hydrogen (secondary N) is 2. The quantitative estimate of drug-likeness (QED) is 0.817. The monoisotopic (exact) mass is 322 g/mol. The van der Waals surface area contributed by atoms with Crippen LogP contribution in [0.4, 0.5) is 0 Å². The molecule has 128 valence electrons. The second kappa shape index (κ2) is 7.08. The van der Waals surface area contributed by atoms with E-state index in [1.807, 2.05) is 0 Å². The third kappa shape index (κ3) is 3.55. The highest BCUT2D eigenvalue weighted by Crippen LogP contribution is 2.46. The van der Waals surface area contributed by atoms with Gasteiger partial charge in [0.25, 0.3) is 0 Å². The Labute approximate surface area is 146 Å². The fourth-order valence-corrected chi connectivity index (χ4v) is 3.90. The molecule has 1 fully saturated rings. The van der Waals surface area contributed by atoms with Crippen LogP contribution in [-0.4, -0.2) is 11.6 Å². The summed E-state index contributed by atoms with van der Waals surface area (Å²) in [5, 5.41) is 7.65. The molecule has 0 aromatic heterocycles. The van der Waals surface area contributed by atoms with E-state index in [0.29, 0.717) is 6.04 Å². The van der Waals surface area contributed by atoms with E-state index in [2.05, 4.69) is 92.1 Å². The van der Waals surface area contributed by atoms with Crippen LogP contribution in [0.25, 0.3) is 0 Å². The Morgan fingerprint density at radius 3 is 1.96 bits per heavy atom. The fraction of sp³-hybridized carbons (Fsp3) is 0.455. The van der Waals surface area contributed by atoms with Crippen molar-refractivity contribution in [1.82, 2.24) is 10.6 Å². The Hall–Kier alpha value is -1.64. The van der Waals surface area contributed by atoms with Gasteiger partial charge in [0, 0.05) is 24.7 Å². The minimum Gasteiger partial charge on any atom is -0.309 e. The molecule has 2 atom stereocenters. The van der Waals surface area contributed by atoms with Crippen LogP contribution in [0.5, 0.6) is 0 Å². The lowest BCUT2D eigenvalue weighted by Crippen LogP contribution is -2.55. The lowest BCUT2D eigenvalue weighted by atomic mass is 9.74. The Bertz CT molecular complexity index is 636. The van der Waals surface area contributed by atoms with Gasteiger partial charge in [0.1, 0.15) is 0 Å². The molecule has 2 N–H and O–H groups in total. The van der Waals surface area contributed by atoms with Gasteiger partial charge in [0.15, 0.2) is 0 Å². The van der Waals surface area contributed by atoms with Crippen LogP contribution in [0.3, 0.4) is 0 Å². The van der Waals surface area contributed by atoms with Crippen molar-refractivity contribution in [3.05, 3.63) is 71.8 Å². The number of hydrogen-bond acceptors (Lipinski definition) is 2. The molecule has 0 amide bonds. The summed E-state index contributed by atoms with van der Waals surface area (Å²) >= 11 is 0. The molecule has 2 aromatic carbocycles. The highest BCUT2D eigenvalue weighted by atomic mass is 15.1. The molecule has 1 saturated carbocycles. The molecule has 1 aliphatic carbocycles. The topological polar surface area (TPSA) is 24.1 Å². The van der Waals surface area contributed by atoms with E-state index in [1.54, 1.807) is 0 Å². The summed E-state index contributed by atoms with van der Waals surface area (Å²) in [6, 6.07) is 21.9.